The Morgan fingerprint density at radius 2 is 1.82 bits per heavy atom. The molecule has 0 spiro atoms. The molecule has 1 N–H and O–H groups in total. The molecule has 4 rings (SSSR count). The standard InChI is InChI=1S/C26H33ClFIN2O2/c1-30-11-13-31(14-12-30)17-22(26(32)9-3-2-4-10-26)19-6-8-25(23(27)15-19)33-18-20-5-7-21(29)16-24(20)28/h5-8,15-16,22,32H,2-4,9-14,17-18H2,1H3. The first-order valence-corrected chi connectivity index (χ1v) is 13.3. The van der Waals surface area contributed by atoms with Gasteiger partial charge in [0.05, 0.1) is 10.6 Å². The summed E-state index contributed by atoms with van der Waals surface area (Å²) in [6.07, 6.45) is 4.96. The summed E-state index contributed by atoms with van der Waals surface area (Å²) in [6.45, 7) is 5.08. The molecule has 1 saturated heterocycles. The zero-order valence-corrected chi connectivity index (χ0v) is 22.1. The second-order valence-electron chi connectivity index (χ2n) is 9.53. The lowest BCUT2D eigenvalue weighted by Gasteiger charge is -2.43. The second-order valence-corrected chi connectivity index (χ2v) is 11.2. The molecule has 1 aliphatic heterocycles. The number of nitrogens with zero attached hydrogens (tertiary/aromatic N) is 2. The average molecular weight is 587 g/mol. The summed E-state index contributed by atoms with van der Waals surface area (Å²) in [6, 6.07) is 10.9. The Morgan fingerprint density at radius 3 is 2.48 bits per heavy atom. The van der Waals surface area contributed by atoms with Gasteiger partial charge in [0.15, 0.2) is 0 Å². The topological polar surface area (TPSA) is 35.9 Å². The average Bonchev–Trinajstić information content (AvgIpc) is 2.79. The van der Waals surface area contributed by atoms with Gasteiger partial charge in [-0.15, -0.1) is 0 Å². The summed E-state index contributed by atoms with van der Waals surface area (Å²) in [5.74, 6) is 0.259. The van der Waals surface area contributed by atoms with Crippen LogP contribution in [-0.2, 0) is 6.61 Å². The van der Waals surface area contributed by atoms with Crippen LogP contribution in [0.4, 0.5) is 4.39 Å². The van der Waals surface area contributed by atoms with Gasteiger partial charge in [0.2, 0.25) is 0 Å². The lowest BCUT2D eigenvalue weighted by atomic mass is 9.72. The van der Waals surface area contributed by atoms with Gasteiger partial charge < -0.3 is 19.6 Å². The molecule has 180 valence electrons. The molecular weight excluding hydrogens is 554 g/mol. The minimum absolute atomic E-state index is 0.00130. The molecule has 2 aromatic carbocycles. The Hall–Kier alpha value is -0.930. The van der Waals surface area contributed by atoms with Gasteiger partial charge in [-0.2, -0.15) is 0 Å². The van der Waals surface area contributed by atoms with Crippen LogP contribution in [0.25, 0.3) is 0 Å². The number of likely N-dealkylation sites (N-methyl/N-ethyl adjacent to an activating group) is 1. The molecule has 1 unspecified atom stereocenters. The minimum Gasteiger partial charge on any atom is -0.487 e. The molecule has 2 aromatic rings. The van der Waals surface area contributed by atoms with Crippen LogP contribution in [0.1, 0.15) is 49.1 Å². The zero-order chi connectivity index (χ0) is 23.4. The molecule has 0 bridgehead atoms. The van der Waals surface area contributed by atoms with Gasteiger partial charge in [0, 0.05) is 47.8 Å². The summed E-state index contributed by atoms with van der Waals surface area (Å²) < 4.78 is 20.9. The van der Waals surface area contributed by atoms with Crippen molar-refractivity contribution >= 4 is 34.2 Å². The quantitative estimate of drug-likeness (QED) is 0.423. The molecule has 1 atom stereocenters. The zero-order valence-electron chi connectivity index (χ0n) is 19.2. The van der Waals surface area contributed by atoms with E-state index in [9.17, 15) is 9.50 Å². The van der Waals surface area contributed by atoms with Crippen molar-refractivity contribution in [3.05, 3.63) is 61.9 Å². The van der Waals surface area contributed by atoms with E-state index in [0.29, 0.717) is 16.3 Å². The first kappa shape index (κ1) is 25.2. The van der Waals surface area contributed by atoms with Crippen LogP contribution in [0.5, 0.6) is 5.75 Å². The largest absolute Gasteiger partial charge is 0.487 e. The van der Waals surface area contributed by atoms with Crippen molar-refractivity contribution in [2.75, 3.05) is 39.8 Å². The molecule has 2 aliphatic rings. The molecule has 4 nitrogen and oxygen atoms in total. The maximum atomic E-state index is 14.2. The number of rotatable bonds is 7. The van der Waals surface area contributed by atoms with Crippen molar-refractivity contribution in [3.8, 4) is 5.75 Å². The minimum atomic E-state index is -0.711. The highest BCUT2D eigenvalue weighted by molar-refractivity contribution is 14.1. The first-order valence-electron chi connectivity index (χ1n) is 11.8. The molecule has 33 heavy (non-hydrogen) atoms. The van der Waals surface area contributed by atoms with Crippen molar-refractivity contribution in [1.82, 2.24) is 9.80 Å². The Morgan fingerprint density at radius 1 is 1.09 bits per heavy atom. The highest BCUT2D eigenvalue weighted by Crippen LogP contribution is 2.42. The van der Waals surface area contributed by atoms with Crippen molar-refractivity contribution in [2.45, 2.75) is 50.2 Å². The summed E-state index contributed by atoms with van der Waals surface area (Å²) in [5, 5.41) is 12.2. The third-order valence-electron chi connectivity index (χ3n) is 7.16. The van der Waals surface area contributed by atoms with Crippen LogP contribution in [0.3, 0.4) is 0 Å². The Labute approximate surface area is 215 Å². The lowest BCUT2D eigenvalue weighted by molar-refractivity contribution is -0.0337. The predicted octanol–water partition coefficient (Wildman–Crippen LogP) is 5.69. The first-order chi connectivity index (χ1) is 15.8. The summed E-state index contributed by atoms with van der Waals surface area (Å²) in [5.41, 5.74) is 0.841. The van der Waals surface area contributed by atoms with Crippen LogP contribution in [0, 0.1) is 9.39 Å². The van der Waals surface area contributed by atoms with Gasteiger partial charge in [0.1, 0.15) is 18.2 Å². The van der Waals surface area contributed by atoms with E-state index < -0.39 is 5.60 Å². The lowest BCUT2D eigenvalue weighted by Crippen LogP contribution is -2.50. The van der Waals surface area contributed by atoms with Crippen molar-refractivity contribution in [3.63, 3.8) is 0 Å². The van der Waals surface area contributed by atoms with E-state index in [-0.39, 0.29) is 18.3 Å². The number of benzene rings is 2. The van der Waals surface area contributed by atoms with Crippen LogP contribution < -0.4 is 4.74 Å². The van der Waals surface area contributed by atoms with Crippen molar-refractivity contribution in [2.24, 2.45) is 0 Å². The summed E-state index contributed by atoms with van der Waals surface area (Å²) in [4.78, 5) is 4.81. The molecule has 1 heterocycles. The second kappa shape index (κ2) is 11.2. The third kappa shape index (κ3) is 6.40. The Kier molecular flexibility index (Phi) is 8.55. The summed E-state index contributed by atoms with van der Waals surface area (Å²) >= 11 is 8.72. The van der Waals surface area contributed by atoms with Crippen LogP contribution in [0.2, 0.25) is 5.02 Å². The molecule has 0 amide bonds. The molecule has 0 aromatic heterocycles. The molecule has 7 heteroatoms. The fourth-order valence-electron chi connectivity index (χ4n) is 5.03. The monoisotopic (exact) mass is 586 g/mol. The molecule has 2 fully saturated rings. The van der Waals surface area contributed by atoms with Gasteiger partial charge in [-0.1, -0.05) is 43.0 Å². The van der Waals surface area contributed by atoms with E-state index in [1.807, 2.05) is 24.3 Å². The number of ether oxygens (including phenoxy) is 1. The fraction of sp³-hybridized carbons (Fsp3) is 0.538. The van der Waals surface area contributed by atoms with E-state index in [2.05, 4.69) is 39.4 Å². The Balaban J connectivity index is 1.52. The van der Waals surface area contributed by atoms with Crippen molar-refractivity contribution in [1.29, 1.82) is 0 Å². The van der Waals surface area contributed by atoms with Gasteiger partial charge >= 0.3 is 0 Å². The molecule has 1 aliphatic carbocycles. The van der Waals surface area contributed by atoms with Crippen LogP contribution in [-0.4, -0.2) is 60.3 Å². The van der Waals surface area contributed by atoms with Crippen LogP contribution in [0.15, 0.2) is 36.4 Å². The highest BCUT2D eigenvalue weighted by atomic mass is 127. The number of aliphatic hydroxyl groups is 1. The van der Waals surface area contributed by atoms with Gasteiger partial charge in [-0.05, 0) is 72.3 Å². The van der Waals surface area contributed by atoms with Crippen LogP contribution >= 0.6 is 34.2 Å². The van der Waals surface area contributed by atoms with E-state index >= 15 is 0 Å². The third-order valence-corrected chi connectivity index (χ3v) is 8.13. The number of halogens is 3. The van der Waals surface area contributed by atoms with Gasteiger partial charge in [-0.3, -0.25) is 0 Å². The van der Waals surface area contributed by atoms with E-state index in [1.165, 1.54) is 12.5 Å². The van der Waals surface area contributed by atoms with E-state index in [4.69, 9.17) is 16.3 Å². The maximum Gasteiger partial charge on any atom is 0.138 e. The molecule has 0 radical (unpaired) electrons. The maximum absolute atomic E-state index is 14.2. The normalized spacial score (nSPS) is 20.5. The highest BCUT2D eigenvalue weighted by Gasteiger charge is 2.40. The predicted molar refractivity (Wildman–Crippen MR) is 140 cm³/mol. The number of hydrogen-bond donors (Lipinski definition) is 1. The Bertz CT molecular complexity index is 946. The molecular formula is C26H33ClFIN2O2. The summed E-state index contributed by atoms with van der Waals surface area (Å²) in [7, 11) is 2.16. The van der Waals surface area contributed by atoms with Crippen molar-refractivity contribution < 1.29 is 14.2 Å². The van der Waals surface area contributed by atoms with E-state index in [1.54, 1.807) is 6.07 Å². The van der Waals surface area contributed by atoms with Gasteiger partial charge in [-0.25, -0.2) is 4.39 Å². The smallest absolute Gasteiger partial charge is 0.138 e. The number of piperazine rings is 1. The SMILES string of the molecule is CN1CCN(CC(c2ccc(OCc3ccc(I)cc3F)c(Cl)c2)C2(O)CCCCC2)CC1. The molecule has 1 saturated carbocycles. The number of hydrogen-bond acceptors (Lipinski definition) is 4. The van der Waals surface area contributed by atoms with E-state index in [0.717, 1.165) is 67.5 Å². The fourth-order valence-corrected chi connectivity index (χ4v) is 5.73. The van der Waals surface area contributed by atoms with Gasteiger partial charge in [0.25, 0.3) is 0 Å².